The van der Waals surface area contributed by atoms with Crippen LogP contribution in [0.2, 0.25) is 0 Å². The van der Waals surface area contributed by atoms with E-state index in [0.29, 0.717) is 0 Å². The van der Waals surface area contributed by atoms with Crippen LogP contribution in [0, 0.1) is 10.1 Å². The van der Waals surface area contributed by atoms with E-state index in [1.807, 2.05) is 0 Å². The lowest BCUT2D eigenvalue weighted by Crippen LogP contribution is -2.28. The molecule has 0 N–H and O–H groups in total. The van der Waals surface area contributed by atoms with Gasteiger partial charge < -0.3 is 4.74 Å². The number of nitro benzene ring substituents is 1. The lowest BCUT2D eigenvalue weighted by Gasteiger charge is -2.06. The largest absolute Gasteiger partial charge is 0.424 e. The predicted molar refractivity (Wildman–Crippen MR) is 49.6 cm³/mol. The first kappa shape index (κ1) is 12.9. The average molecular weight is 249 g/mol. The Morgan fingerprint density at radius 2 is 1.76 bits per heavy atom. The number of ether oxygens (including phenoxy) is 1. The molecule has 1 unspecified atom stereocenters. The number of hydrogen-bond donors (Lipinski definition) is 0. The second-order valence-corrected chi connectivity index (χ2v) is 2.91. The fraction of sp³-hybridized carbons (Fsp3) is 0.222. The summed E-state index contributed by atoms with van der Waals surface area (Å²) >= 11 is 0. The quantitative estimate of drug-likeness (QED) is 0.354. The molecule has 0 heterocycles. The van der Waals surface area contributed by atoms with Crippen LogP contribution < -0.4 is 4.74 Å². The molecule has 5 nitrogen and oxygen atoms in total. The predicted octanol–water partition coefficient (Wildman–Crippen LogP) is 2.10. The highest BCUT2D eigenvalue weighted by Gasteiger charge is 2.29. The van der Waals surface area contributed by atoms with Gasteiger partial charge in [-0.3, -0.25) is 10.1 Å². The molecular weight excluding hydrogens is 243 g/mol. The highest BCUT2D eigenvalue weighted by Crippen LogP contribution is 2.18. The van der Waals surface area contributed by atoms with Crippen molar-refractivity contribution in [1.29, 1.82) is 0 Å². The molecule has 0 fully saturated rings. The summed E-state index contributed by atoms with van der Waals surface area (Å²) < 4.78 is 40.3. The monoisotopic (exact) mass is 249 g/mol. The topological polar surface area (TPSA) is 69.4 Å². The lowest BCUT2D eigenvalue weighted by atomic mass is 10.3. The first-order valence-corrected chi connectivity index (χ1v) is 4.30. The maximum Gasteiger partial charge on any atom is 0.352 e. The van der Waals surface area contributed by atoms with Crippen LogP contribution in [0.3, 0.4) is 0 Å². The van der Waals surface area contributed by atoms with E-state index in [0.717, 1.165) is 24.3 Å². The summed E-state index contributed by atoms with van der Waals surface area (Å²) in [5.74, 6) is -1.99. The average Bonchev–Trinajstić information content (AvgIpc) is 2.28. The molecule has 0 aliphatic rings. The minimum Gasteiger partial charge on any atom is -0.424 e. The smallest absolute Gasteiger partial charge is 0.352 e. The lowest BCUT2D eigenvalue weighted by molar-refractivity contribution is -0.384. The van der Waals surface area contributed by atoms with Gasteiger partial charge in [-0.25, -0.2) is 18.0 Å². The summed E-state index contributed by atoms with van der Waals surface area (Å²) in [4.78, 5) is 20.3. The number of non-ortho nitro benzene ring substituents is 1. The van der Waals surface area contributed by atoms with Crippen molar-refractivity contribution < 1.29 is 27.6 Å². The van der Waals surface area contributed by atoms with Crippen molar-refractivity contribution in [1.82, 2.24) is 0 Å². The highest BCUT2D eigenvalue weighted by atomic mass is 19.3. The van der Waals surface area contributed by atoms with Gasteiger partial charge in [-0.2, -0.15) is 0 Å². The van der Waals surface area contributed by atoms with E-state index >= 15 is 0 Å². The van der Waals surface area contributed by atoms with Gasteiger partial charge in [0.25, 0.3) is 18.3 Å². The van der Waals surface area contributed by atoms with Crippen LogP contribution in [-0.2, 0) is 4.79 Å². The van der Waals surface area contributed by atoms with Crippen molar-refractivity contribution in [3.63, 3.8) is 0 Å². The normalized spacial score (nSPS) is 12.2. The standard InChI is InChI=1S/C9H6F3NO4/c10-7(8(11)12)9(14)17-6-3-1-5(2-4-6)13(15)16/h1-4,7-8H. The Hall–Kier alpha value is -2.12. The van der Waals surface area contributed by atoms with Gasteiger partial charge in [0.1, 0.15) is 5.75 Å². The summed E-state index contributed by atoms with van der Waals surface area (Å²) in [5, 5.41) is 10.3. The van der Waals surface area contributed by atoms with Crippen LogP contribution in [0.1, 0.15) is 0 Å². The molecular formula is C9H6F3NO4. The zero-order valence-electron chi connectivity index (χ0n) is 8.18. The minimum atomic E-state index is -3.47. The van der Waals surface area contributed by atoms with E-state index in [1.165, 1.54) is 0 Å². The molecule has 0 aliphatic carbocycles. The second-order valence-electron chi connectivity index (χ2n) is 2.91. The number of alkyl halides is 3. The minimum absolute atomic E-state index is 0.246. The van der Waals surface area contributed by atoms with Gasteiger partial charge in [0.15, 0.2) is 0 Å². The molecule has 0 aliphatic heterocycles. The fourth-order valence-corrected chi connectivity index (χ4v) is 0.911. The van der Waals surface area contributed by atoms with E-state index in [2.05, 4.69) is 4.74 Å². The van der Waals surface area contributed by atoms with Crippen molar-refractivity contribution in [2.75, 3.05) is 0 Å². The number of carbonyl (C=O) groups is 1. The van der Waals surface area contributed by atoms with Crippen LogP contribution >= 0.6 is 0 Å². The Morgan fingerprint density at radius 1 is 1.24 bits per heavy atom. The van der Waals surface area contributed by atoms with Gasteiger partial charge in [0.05, 0.1) is 4.92 Å². The van der Waals surface area contributed by atoms with Gasteiger partial charge in [-0.1, -0.05) is 0 Å². The third-order valence-electron chi connectivity index (χ3n) is 1.71. The molecule has 1 atom stereocenters. The summed E-state index contributed by atoms with van der Waals surface area (Å²) in [6.45, 7) is 0. The number of nitrogens with zero attached hydrogens (tertiary/aromatic N) is 1. The summed E-state index contributed by atoms with van der Waals surface area (Å²) in [6, 6.07) is 4.01. The van der Waals surface area contributed by atoms with Crippen LogP contribution in [0.5, 0.6) is 5.75 Å². The Morgan fingerprint density at radius 3 is 2.18 bits per heavy atom. The van der Waals surface area contributed by atoms with Crippen molar-refractivity contribution in [2.24, 2.45) is 0 Å². The Labute approximate surface area is 93.0 Å². The summed E-state index contributed by atoms with van der Waals surface area (Å²) in [5.41, 5.74) is -0.268. The number of carbonyl (C=O) groups excluding carboxylic acids is 1. The third kappa shape index (κ3) is 3.44. The first-order valence-electron chi connectivity index (χ1n) is 4.30. The van der Waals surface area contributed by atoms with E-state index in [1.54, 1.807) is 0 Å². The van der Waals surface area contributed by atoms with Crippen molar-refractivity contribution in [2.45, 2.75) is 12.6 Å². The molecule has 8 heteroatoms. The molecule has 0 saturated carbocycles. The van der Waals surface area contributed by atoms with Gasteiger partial charge in [0, 0.05) is 12.1 Å². The number of nitro groups is 1. The Balaban J connectivity index is 2.70. The van der Waals surface area contributed by atoms with E-state index < -0.39 is 23.5 Å². The molecule has 92 valence electrons. The van der Waals surface area contributed by atoms with Gasteiger partial charge in [-0.05, 0) is 12.1 Å². The number of esters is 1. The molecule has 0 spiro atoms. The number of halogens is 3. The maximum absolute atomic E-state index is 12.5. The number of benzene rings is 1. The summed E-state index contributed by atoms with van der Waals surface area (Å²) in [7, 11) is 0. The van der Waals surface area contributed by atoms with Crippen LogP contribution in [0.4, 0.5) is 18.9 Å². The zero-order valence-corrected chi connectivity index (χ0v) is 8.18. The third-order valence-corrected chi connectivity index (χ3v) is 1.71. The number of rotatable bonds is 4. The van der Waals surface area contributed by atoms with Crippen LogP contribution in [0.15, 0.2) is 24.3 Å². The molecule has 0 radical (unpaired) electrons. The Kier molecular flexibility index (Phi) is 4.02. The van der Waals surface area contributed by atoms with E-state index in [-0.39, 0.29) is 11.4 Å². The fourth-order valence-electron chi connectivity index (χ4n) is 0.911. The van der Waals surface area contributed by atoms with Gasteiger partial charge in [0.2, 0.25) is 0 Å². The van der Waals surface area contributed by atoms with Crippen molar-refractivity contribution in [3.05, 3.63) is 34.4 Å². The molecule has 17 heavy (non-hydrogen) atoms. The van der Waals surface area contributed by atoms with E-state index in [9.17, 15) is 28.1 Å². The molecule has 1 aromatic carbocycles. The molecule has 1 aromatic rings. The molecule has 0 saturated heterocycles. The zero-order chi connectivity index (χ0) is 13.0. The van der Waals surface area contributed by atoms with Crippen LogP contribution in [-0.4, -0.2) is 23.5 Å². The maximum atomic E-state index is 12.5. The molecule has 0 bridgehead atoms. The van der Waals surface area contributed by atoms with Crippen molar-refractivity contribution in [3.8, 4) is 5.75 Å². The van der Waals surface area contributed by atoms with Gasteiger partial charge >= 0.3 is 5.97 Å². The summed E-state index contributed by atoms with van der Waals surface area (Å²) in [6.07, 6.45) is -6.51. The van der Waals surface area contributed by atoms with Crippen LogP contribution in [0.25, 0.3) is 0 Å². The number of hydrogen-bond acceptors (Lipinski definition) is 4. The molecule has 0 amide bonds. The van der Waals surface area contributed by atoms with Crippen molar-refractivity contribution >= 4 is 11.7 Å². The van der Waals surface area contributed by atoms with Gasteiger partial charge in [-0.15, -0.1) is 0 Å². The highest BCUT2D eigenvalue weighted by molar-refractivity contribution is 5.77. The second kappa shape index (κ2) is 5.28. The van der Waals surface area contributed by atoms with E-state index in [4.69, 9.17) is 0 Å². The SMILES string of the molecule is O=C(Oc1ccc([N+](=O)[O-])cc1)C(F)C(F)F. The first-order chi connectivity index (χ1) is 7.91. The molecule has 1 rings (SSSR count). The Bertz CT molecular complexity index is 421. The molecule has 0 aromatic heterocycles.